The minimum absolute atomic E-state index is 0. The maximum atomic E-state index is 5.98. The molecule has 0 fully saturated rings. The Morgan fingerprint density at radius 1 is 1.04 bits per heavy atom. The topological polar surface area (TPSA) is 34.4 Å². The van der Waals surface area contributed by atoms with Gasteiger partial charge in [0.05, 0.1) is 12.8 Å². The van der Waals surface area contributed by atoms with E-state index in [0.29, 0.717) is 19.7 Å². The number of benzene rings is 2. The predicted molar refractivity (Wildman–Crippen MR) is 106 cm³/mol. The monoisotopic (exact) mass is 441 g/mol. The summed E-state index contributed by atoms with van der Waals surface area (Å²) >= 11 is 9.42. The van der Waals surface area contributed by atoms with E-state index in [1.807, 2.05) is 48.5 Å². The van der Waals surface area contributed by atoms with Gasteiger partial charge in [0.25, 0.3) is 0 Å². The van der Waals surface area contributed by atoms with Gasteiger partial charge in [0, 0.05) is 21.6 Å². The second-order valence-corrected chi connectivity index (χ2v) is 6.70. The molecule has 0 unspecified atom stereocenters. The van der Waals surface area contributed by atoms with E-state index >= 15 is 0 Å². The first-order chi connectivity index (χ1) is 11.7. The number of hydrogen-bond donors (Lipinski definition) is 1. The average Bonchev–Trinajstić information content (AvgIpc) is 3.09. The van der Waals surface area contributed by atoms with E-state index in [1.165, 1.54) is 0 Å². The van der Waals surface area contributed by atoms with Gasteiger partial charge < -0.3 is 14.5 Å². The molecular formula is C19H18BrCl2NO2. The van der Waals surface area contributed by atoms with E-state index in [4.69, 9.17) is 20.8 Å². The van der Waals surface area contributed by atoms with Gasteiger partial charge in [-0.1, -0.05) is 39.7 Å². The van der Waals surface area contributed by atoms with E-state index in [2.05, 4.69) is 27.3 Å². The molecule has 3 aromatic rings. The zero-order valence-electron chi connectivity index (χ0n) is 13.4. The van der Waals surface area contributed by atoms with Crippen LogP contribution in [-0.4, -0.2) is 0 Å². The molecule has 0 radical (unpaired) electrons. The SMILES string of the molecule is Cl.Clc1ccc(COc2ccc(Br)cc2CNCc2ccco2)cc1. The van der Waals surface area contributed by atoms with Gasteiger partial charge in [0.2, 0.25) is 0 Å². The Bertz CT molecular complexity index is 777. The van der Waals surface area contributed by atoms with Crippen LogP contribution in [0.15, 0.2) is 69.8 Å². The fourth-order valence-corrected chi connectivity index (χ4v) is 2.84. The summed E-state index contributed by atoms with van der Waals surface area (Å²) in [5.74, 6) is 1.77. The Morgan fingerprint density at radius 3 is 2.56 bits per heavy atom. The van der Waals surface area contributed by atoms with Crippen molar-refractivity contribution in [2.75, 3.05) is 0 Å². The largest absolute Gasteiger partial charge is 0.489 e. The van der Waals surface area contributed by atoms with Crippen LogP contribution in [0.2, 0.25) is 5.02 Å². The molecule has 132 valence electrons. The second-order valence-electron chi connectivity index (χ2n) is 5.35. The number of nitrogens with one attached hydrogen (secondary N) is 1. The molecule has 3 nitrogen and oxygen atoms in total. The first-order valence-electron chi connectivity index (χ1n) is 7.59. The summed E-state index contributed by atoms with van der Waals surface area (Å²) in [6, 6.07) is 17.5. The molecule has 0 aliphatic heterocycles. The highest BCUT2D eigenvalue weighted by molar-refractivity contribution is 9.10. The summed E-state index contributed by atoms with van der Waals surface area (Å²) in [6.07, 6.45) is 1.68. The average molecular weight is 443 g/mol. The summed E-state index contributed by atoms with van der Waals surface area (Å²) < 4.78 is 12.3. The first kappa shape index (κ1) is 19.9. The molecule has 0 amide bonds. The Morgan fingerprint density at radius 2 is 1.84 bits per heavy atom. The van der Waals surface area contributed by atoms with E-state index in [9.17, 15) is 0 Å². The van der Waals surface area contributed by atoms with Crippen LogP contribution in [0.5, 0.6) is 5.75 Å². The summed E-state index contributed by atoms with van der Waals surface area (Å²) in [4.78, 5) is 0. The quantitative estimate of drug-likeness (QED) is 0.488. The lowest BCUT2D eigenvalue weighted by Gasteiger charge is -2.13. The van der Waals surface area contributed by atoms with Crippen molar-refractivity contribution in [1.82, 2.24) is 5.32 Å². The summed E-state index contributed by atoms with van der Waals surface area (Å²) in [5.41, 5.74) is 2.17. The van der Waals surface area contributed by atoms with E-state index < -0.39 is 0 Å². The fraction of sp³-hybridized carbons (Fsp3) is 0.158. The van der Waals surface area contributed by atoms with Crippen LogP contribution in [0, 0.1) is 0 Å². The molecule has 0 atom stereocenters. The molecule has 0 saturated carbocycles. The van der Waals surface area contributed by atoms with Crippen molar-refractivity contribution < 1.29 is 9.15 Å². The molecule has 0 aliphatic rings. The van der Waals surface area contributed by atoms with Crippen molar-refractivity contribution in [3.63, 3.8) is 0 Å². The number of furan rings is 1. The smallest absolute Gasteiger partial charge is 0.124 e. The van der Waals surface area contributed by atoms with E-state index in [1.54, 1.807) is 6.26 Å². The summed E-state index contributed by atoms with van der Waals surface area (Å²) in [7, 11) is 0. The van der Waals surface area contributed by atoms with Gasteiger partial charge in [0.15, 0.2) is 0 Å². The lowest BCUT2D eigenvalue weighted by molar-refractivity contribution is 0.302. The molecule has 25 heavy (non-hydrogen) atoms. The molecule has 1 heterocycles. The fourth-order valence-electron chi connectivity index (χ4n) is 2.30. The van der Waals surface area contributed by atoms with Crippen molar-refractivity contribution >= 4 is 39.9 Å². The van der Waals surface area contributed by atoms with Crippen molar-refractivity contribution in [2.45, 2.75) is 19.7 Å². The van der Waals surface area contributed by atoms with Crippen LogP contribution >= 0.6 is 39.9 Å². The molecule has 3 rings (SSSR count). The van der Waals surface area contributed by atoms with Crippen LogP contribution in [-0.2, 0) is 19.7 Å². The van der Waals surface area contributed by atoms with Gasteiger partial charge in [-0.3, -0.25) is 0 Å². The first-order valence-corrected chi connectivity index (χ1v) is 8.76. The molecule has 2 aromatic carbocycles. The molecule has 0 aliphatic carbocycles. The zero-order chi connectivity index (χ0) is 16.8. The van der Waals surface area contributed by atoms with Gasteiger partial charge >= 0.3 is 0 Å². The van der Waals surface area contributed by atoms with Gasteiger partial charge in [-0.25, -0.2) is 0 Å². The van der Waals surface area contributed by atoms with Crippen LogP contribution in [0.25, 0.3) is 0 Å². The summed E-state index contributed by atoms with van der Waals surface area (Å²) in [5, 5.41) is 4.09. The second kappa shape index (κ2) is 9.88. The van der Waals surface area contributed by atoms with E-state index in [0.717, 1.165) is 32.1 Å². The minimum atomic E-state index is 0. The third kappa shape index (κ3) is 6.08. The lowest BCUT2D eigenvalue weighted by atomic mass is 10.2. The molecular weight excluding hydrogens is 425 g/mol. The Balaban J connectivity index is 0.00000225. The molecule has 0 spiro atoms. The highest BCUT2D eigenvalue weighted by atomic mass is 79.9. The molecule has 0 saturated heterocycles. The number of halogens is 3. The van der Waals surface area contributed by atoms with Crippen molar-refractivity contribution in [1.29, 1.82) is 0 Å². The van der Waals surface area contributed by atoms with Crippen LogP contribution < -0.4 is 10.1 Å². The zero-order valence-corrected chi connectivity index (χ0v) is 16.5. The molecule has 1 N–H and O–H groups in total. The molecule has 6 heteroatoms. The van der Waals surface area contributed by atoms with Crippen molar-refractivity contribution in [3.8, 4) is 5.75 Å². The highest BCUT2D eigenvalue weighted by Gasteiger charge is 2.06. The van der Waals surface area contributed by atoms with Crippen LogP contribution in [0.4, 0.5) is 0 Å². The van der Waals surface area contributed by atoms with Crippen LogP contribution in [0.1, 0.15) is 16.9 Å². The molecule has 0 bridgehead atoms. The Kier molecular flexibility index (Phi) is 7.85. The predicted octanol–water partition coefficient (Wildman–Crippen LogP) is 5.99. The van der Waals surface area contributed by atoms with Crippen LogP contribution in [0.3, 0.4) is 0 Å². The third-order valence-corrected chi connectivity index (χ3v) is 4.27. The maximum Gasteiger partial charge on any atom is 0.124 e. The van der Waals surface area contributed by atoms with Crippen molar-refractivity contribution in [3.05, 3.63) is 87.2 Å². The van der Waals surface area contributed by atoms with Gasteiger partial charge in [-0.05, 0) is 48.0 Å². The standard InChI is InChI=1S/C19H17BrClNO2.ClH/c20-16-5-8-19(24-13-14-3-6-17(21)7-4-14)15(10-16)11-22-12-18-2-1-9-23-18;/h1-10,22H,11-13H2;1H. The highest BCUT2D eigenvalue weighted by Crippen LogP contribution is 2.24. The normalized spacial score (nSPS) is 10.3. The maximum absolute atomic E-state index is 5.98. The number of rotatable bonds is 7. The molecule has 1 aromatic heterocycles. The summed E-state index contributed by atoms with van der Waals surface area (Å²) in [6.45, 7) is 1.87. The Labute approximate surface area is 166 Å². The minimum Gasteiger partial charge on any atom is -0.489 e. The van der Waals surface area contributed by atoms with Gasteiger partial charge in [-0.2, -0.15) is 0 Å². The number of ether oxygens (including phenoxy) is 1. The third-order valence-electron chi connectivity index (χ3n) is 3.52. The Hall–Kier alpha value is -1.46. The van der Waals surface area contributed by atoms with Gasteiger partial charge in [-0.15, -0.1) is 12.4 Å². The van der Waals surface area contributed by atoms with Gasteiger partial charge in [0.1, 0.15) is 18.1 Å². The van der Waals surface area contributed by atoms with E-state index in [-0.39, 0.29) is 12.4 Å². The lowest BCUT2D eigenvalue weighted by Crippen LogP contribution is -2.13. The van der Waals surface area contributed by atoms with Crippen molar-refractivity contribution in [2.24, 2.45) is 0 Å². The number of hydrogen-bond acceptors (Lipinski definition) is 3.